The Balaban J connectivity index is 1.86. The van der Waals surface area contributed by atoms with E-state index in [2.05, 4.69) is 50.2 Å². The lowest BCUT2D eigenvalue weighted by molar-refractivity contribution is 1.09. The van der Waals surface area contributed by atoms with Crippen LogP contribution in [0.2, 0.25) is 0 Å². The summed E-state index contributed by atoms with van der Waals surface area (Å²) in [5.74, 6) is 0. The van der Waals surface area contributed by atoms with Crippen molar-refractivity contribution in [1.29, 1.82) is 0 Å². The van der Waals surface area contributed by atoms with Gasteiger partial charge in [0.15, 0.2) is 0 Å². The predicted octanol–water partition coefficient (Wildman–Crippen LogP) is 4.49. The lowest BCUT2D eigenvalue weighted by atomic mass is 9.95. The standard InChI is InChI=1S/C23H27N3/c1-3-19-13-18(10-15(2)23(19)26)14-20-12-17(6-9-22(20)25)11-16-4-7-21(24)8-5-16/h4-10,12-13H,3,11,14,24-26H2,1-2H3. The Bertz CT molecular complexity index is 911. The molecule has 0 saturated carbocycles. The molecule has 0 saturated heterocycles. The molecule has 0 spiro atoms. The van der Waals surface area contributed by atoms with Crippen LogP contribution in [0, 0.1) is 6.92 Å². The van der Waals surface area contributed by atoms with Crippen molar-refractivity contribution in [2.24, 2.45) is 0 Å². The van der Waals surface area contributed by atoms with Crippen LogP contribution in [0.1, 0.15) is 40.3 Å². The summed E-state index contributed by atoms with van der Waals surface area (Å²) in [6.45, 7) is 4.20. The minimum atomic E-state index is 0.789. The molecule has 0 amide bonds. The van der Waals surface area contributed by atoms with Gasteiger partial charge in [0.2, 0.25) is 0 Å². The largest absolute Gasteiger partial charge is 0.399 e. The van der Waals surface area contributed by atoms with Gasteiger partial charge in [0, 0.05) is 17.1 Å². The fourth-order valence-corrected chi connectivity index (χ4v) is 3.36. The molecule has 0 aliphatic heterocycles. The first kappa shape index (κ1) is 17.9. The Hall–Kier alpha value is -2.94. The summed E-state index contributed by atoms with van der Waals surface area (Å²) in [5.41, 5.74) is 28.0. The Morgan fingerprint density at radius 2 is 1.35 bits per heavy atom. The third kappa shape index (κ3) is 3.99. The maximum Gasteiger partial charge on any atom is 0.0376 e. The highest BCUT2D eigenvalue weighted by Crippen LogP contribution is 2.25. The second-order valence-corrected chi connectivity index (χ2v) is 6.97. The topological polar surface area (TPSA) is 78.1 Å². The number of rotatable bonds is 5. The summed E-state index contributed by atoms with van der Waals surface area (Å²) in [7, 11) is 0. The zero-order valence-corrected chi connectivity index (χ0v) is 15.5. The van der Waals surface area contributed by atoms with Crippen LogP contribution in [0.3, 0.4) is 0 Å². The van der Waals surface area contributed by atoms with Crippen LogP contribution in [0.5, 0.6) is 0 Å². The molecule has 3 rings (SSSR count). The second kappa shape index (κ2) is 7.52. The molecular weight excluding hydrogens is 318 g/mol. The highest BCUT2D eigenvalue weighted by molar-refractivity contribution is 5.57. The van der Waals surface area contributed by atoms with Gasteiger partial charge >= 0.3 is 0 Å². The zero-order valence-electron chi connectivity index (χ0n) is 15.5. The van der Waals surface area contributed by atoms with Crippen molar-refractivity contribution in [3.63, 3.8) is 0 Å². The molecule has 0 bridgehead atoms. The maximum atomic E-state index is 6.25. The summed E-state index contributed by atoms with van der Waals surface area (Å²) >= 11 is 0. The smallest absolute Gasteiger partial charge is 0.0376 e. The van der Waals surface area contributed by atoms with Gasteiger partial charge in [0.05, 0.1) is 0 Å². The zero-order chi connectivity index (χ0) is 18.7. The molecule has 3 aromatic carbocycles. The van der Waals surface area contributed by atoms with E-state index in [9.17, 15) is 0 Å². The first-order chi connectivity index (χ1) is 12.5. The first-order valence-corrected chi connectivity index (χ1v) is 9.06. The van der Waals surface area contributed by atoms with E-state index in [0.29, 0.717) is 0 Å². The van der Waals surface area contributed by atoms with Crippen LogP contribution in [0.4, 0.5) is 17.1 Å². The number of benzene rings is 3. The van der Waals surface area contributed by atoms with Crippen molar-refractivity contribution in [2.45, 2.75) is 33.1 Å². The highest BCUT2D eigenvalue weighted by atomic mass is 14.6. The van der Waals surface area contributed by atoms with E-state index < -0.39 is 0 Å². The van der Waals surface area contributed by atoms with E-state index in [4.69, 9.17) is 17.2 Å². The van der Waals surface area contributed by atoms with Gasteiger partial charge in [-0.15, -0.1) is 0 Å². The Labute approximate surface area is 155 Å². The number of nitrogen functional groups attached to an aromatic ring is 3. The number of anilines is 3. The molecule has 0 heterocycles. The van der Waals surface area contributed by atoms with Crippen LogP contribution in [0.15, 0.2) is 54.6 Å². The molecule has 0 aliphatic rings. The van der Waals surface area contributed by atoms with E-state index in [1.165, 1.54) is 22.3 Å². The Kier molecular flexibility index (Phi) is 5.17. The minimum absolute atomic E-state index is 0.789. The van der Waals surface area contributed by atoms with Crippen molar-refractivity contribution in [2.75, 3.05) is 17.2 Å². The van der Waals surface area contributed by atoms with Crippen molar-refractivity contribution < 1.29 is 0 Å². The van der Waals surface area contributed by atoms with E-state index in [1.807, 2.05) is 18.2 Å². The summed E-state index contributed by atoms with van der Waals surface area (Å²) < 4.78 is 0. The van der Waals surface area contributed by atoms with Crippen molar-refractivity contribution in [1.82, 2.24) is 0 Å². The van der Waals surface area contributed by atoms with Crippen LogP contribution in [-0.2, 0) is 19.3 Å². The fraction of sp³-hybridized carbons (Fsp3) is 0.217. The molecule has 0 radical (unpaired) electrons. The lowest BCUT2D eigenvalue weighted by Gasteiger charge is -2.13. The van der Waals surface area contributed by atoms with Gasteiger partial charge in [0.1, 0.15) is 0 Å². The second-order valence-electron chi connectivity index (χ2n) is 6.97. The molecule has 3 aromatic rings. The Morgan fingerprint density at radius 1 is 0.692 bits per heavy atom. The van der Waals surface area contributed by atoms with Gasteiger partial charge in [-0.2, -0.15) is 0 Å². The summed E-state index contributed by atoms with van der Waals surface area (Å²) in [5, 5.41) is 0. The fourth-order valence-electron chi connectivity index (χ4n) is 3.36. The van der Waals surface area contributed by atoms with Gasteiger partial charge in [-0.1, -0.05) is 43.3 Å². The van der Waals surface area contributed by atoms with E-state index in [0.717, 1.165) is 47.5 Å². The average molecular weight is 345 g/mol. The molecule has 0 unspecified atom stereocenters. The normalized spacial score (nSPS) is 10.8. The van der Waals surface area contributed by atoms with Gasteiger partial charge in [-0.05, 0) is 77.8 Å². The van der Waals surface area contributed by atoms with Gasteiger partial charge in [-0.25, -0.2) is 0 Å². The molecule has 134 valence electrons. The number of hydrogen-bond acceptors (Lipinski definition) is 3. The number of nitrogens with two attached hydrogens (primary N) is 3. The quantitative estimate of drug-likeness (QED) is 0.596. The molecule has 6 N–H and O–H groups in total. The monoisotopic (exact) mass is 345 g/mol. The van der Waals surface area contributed by atoms with Crippen molar-refractivity contribution >= 4 is 17.1 Å². The molecule has 3 heteroatoms. The van der Waals surface area contributed by atoms with Crippen molar-refractivity contribution in [3.05, 3.63) is 88.0 Å². The molecule has 0 aliphatic carbocycles. The molecular formula is C23H27N3. The third-order valence-corrected chi connectivity index (χ3v) is 4.90. The Morgan fingerprint density at radius 3 is 2.04 bits per heavy atom. The average Bonchev–Trinajstić information content (AvgIpc) is 2.62. The van der Waals surface area contributed by atoms with Crippen LogP contribution < -0.4 is 17.2 Å². The van der Waals surface area contributed by atoms with Gasteiger partial charge in [0.25, 0.3) is 0 Å². The van der Waals surface area contributed by atoms with Crippen LogP contribution >= 0.6 is 0 Å². The van der Waals surface area contributed by atoms with Gasteiger partial charge < -0.3 is 17.2 Å². The van der Waals surface area contributed by atoms with Crippen LogP contribution in [0.25, 0.3) is 0 Å². The predicted molar refractivity (Wildman–Crippen MR) is 112 cm³/mol. The maximum absolute atomic E-state index is 6.25. The summed E-state index contributed by atoms with van der Waals surface area (Å²) in [6, 6.07) is 18.7. The summed E-state index contributed by atoms with van der Waals surface area (Å²) in [6.07, 6.45) is 2.62. The van der Waals surface area contributed by atoms with E-state index in [1.54, 1.807) is 0 Å². The lowest BCUT2D eigenvalue weighted by Crippen LogP contribution is -2.02. The molecule has 0 atom stereocenters. The number of aryl methyl sites for hydroxylation is 2. The van der Waals surface area contributed by atoms with Crippen molar-refractivity contribution in [3.8, 4) is 0 Å². The van der Waals surface area contributed by atoms with E-state index in [-0.39, 0.29) is 0 Å². The van der Waals surface area contributed by atoms with Gasteiger partial charge in [-0.3, -0.25) is 0 Å². The molecule has 0 aromatic heterocycles. The van der Waals surface area contributed by atoms with Crippen LogP contribution in [-0.4, -0.2) is 0 Å². The summed E-state index contributed by atoms with van der Waals surface area (Å²) in [4.78, 5) is 0. The minimum Gasteiger partial charge on any atom is -0.399 e. The number of hydrogen-bond donors (Lipinski definition) is 3. The van der Waals surface area contributed by atoms with E-state index >= 15 is 0 Å². The first-order valence-electron chi connectivity index (χ1n) is 9.06. The molecule has 26 heavy (non-hydrogen) atoms. The molecule has 0 fully saturated rings. The molecule has 3 nitrogen and oxygen atoms in total. The third-order valence-electron chi connectivity index (χ3n) is 4.90. The SMILES string of the molecule is CCc1cc(Cc2cc(Cc3ccc(N)cc3)ccc2N)cc(C)c1N. The highest BCUT2D eigenvalue weighted by Gasteiger charge is 2.08.